The summed E-state index contributed by atoms with van der Waals surface area (Å²) >= 11 is 1.96. The van der Waals surface area contributed by atoms with Crippen LogP contribution in [0.3, 0.4) is 0 Å². The van der Waals surface area contributed by atoms with E-state index in [1.165, 1.54) is 70.0 Å². The van der Waals surface area contributed by atoms with Crippen molar-refractivity contribution in [3.63, 3.8) is 0 Å². The molecule has 0 bridgehead atoms. The molecule has 1 atom stereocenters. The zero-order chi connectivity index (χ0) is 27.3. The van der Waals surface area contributed by atoms with E-state index < -0.39 is 12.0 Å². The van der Waals surface area contributed by atoms with Crippen LogP contribution in [0.4, 0.5) is 0 Å². The van der Waals surface area contributed by atoms with Crippen molar-refractivity contribution in [2.75, 3.05) is 24.7 Å². The van der Waals surface area contributed by atoms with E-state index in [0.29, 0.717) is 18.6 Å². The highest BCUT2D eigenvalue weighted by Gasteiger charge is 2.23. The Bertz CT molecular complexity index is 888. The number of ether oxygens (including phenoxy) is 2. The van der Waals surface area contributed by atoms with Gasteiger partial charge in [0, 0.05) is 17.7 Å². The maximum absolute atomic E-state index is 12.6. The normalized spacial score (nSPS) is 11.6. The predicted molar refractivity (Wildman–Crippen MR) is 159 cm³/mol. The van der Waals surface area contributed by atoms with E-state index in [0.717, 1.165) is 17.1 Å². The van der Waals surface area contributed by atoms with Crippen LogP contribution < -0.4 is 10.1 Å². The fourth-order valence-electron chi connectivity index (χ4n) is 4.24. The maximum atomic E-state index is 12.6. The lowest BCUT2D eigenvalue weighted by Crippen LogP contribution is -2.43. The quantitative estimate of drug-likeness (QED) is 0.130. The van der Waals surface area contributed by atoms with Gasteiger partial charge >= 0.3 is 5.97 Å². The number of carbonyl (C=O) groups is 2. The lowest BCUT2D eigenvalue weighted by molar-refractivity contribution is -0.145. The van der Waals surface area contributed by atoms with Gasteiger partial charge in [-0.3, -0.25) is 4.79 Å². The van der Waals surface area contributed by atoms with Gasteiger partial charge in [0.15, 0.2) is 0 Å². The topological polar surface area (TPSA) is 64.6 Å². The molecule has 0 aliphatic rings. The summed E-state index contributed by atoms with van der Waals surface area (Å²) < 4.78 is 11.1. The van der Waals surface area contributed by atoms with Crippen molar-refractivity contribution in [1.82, 2.24) is 5.32 Å². The molecule has 0 radical (unpaired) electrons. The molecule has 0 aromatic heterocycles. The average Bonchev–Trinajstić information content (AvgIpc) is 2.94. The van der Waals surface area contributed by atoms with Gasteiger partial charge in [0.05, 0.1) is 13.2 Å². The molecule has 1 N–H and O–H groups in total. The van der Waals surface area contributed by atoms with Crippen molar-refractivity contribution >= 4 is 23.6 Å². The molecule has 6 heteroatoms. The first kappa shape index (κ1) is 31.7. The van der Waals surface area contributed by atoms with Gasteiger partial charge in [-0.2, -0.15) is 11.8 Å². The molecule has 0 aliphatic carbocycles. The molecule has 2 aromatic rings. The summed E-state index contributed by atoms with van der Waals surface area (Å²) in [5, 5.41) is 2.82. The van der Waals surface area contributed by atoms with E-state index >= 15 is 0 Å². The van der Waals surface area contributed by atoms with E-state index in [1.807, 2.05) is 42.1 Å². The van der Waals surface area contributed by atoms with Crippen molar-refractivity contribution < 1.29 is 19.1 Å². The molecule has 1 unspecified atom stereocenters. The van der Waals surface area contributed by atoms with Gasteiger partial charge in [0.25, 0.3) is 5.91 Å². The van der Waals surface area contributed by atoms with Crippen LogP contribution in [0.2, 0.25) is 0 Å². The van der Waals surface area contributed by atoms with Crippen LogP contribution in [0.25, 0.3) is 0 Å². The molecule has 38 heavy (non-hydrogen) atoms. The Balaban J connectivity index is 1.62. The van der Waals surface area contributed by atoms with E-state index in [-0.39, 0.29) is 12.5 Å². The largest absolute Gasteiger partial charge is 0.493 e. The molecule has 0 fully saturated rings. The molecule has 1 amide bonds. The molecule has 0 saturated carbocycles. The first-order valence-corrected chi connectivity index (χ1v) is 15.6. The Morgan fingerprint density at radius 1 is 0.789 bits per heavy atom. The third-order valence-corrected chi connectivity index (χ3v) is 7.45. The van der Waals surface area contributed by atoms with E-state index in [4.69, 9.17) is 9.47 Å². The Morgan fingerprint density at radius 2 is 1.42 bits per heavy atom. The standard InChI is InChI=1S/C32H47NO4S/c1-3-5-6-7-8-9-10-11-12-16-24-38-25-23-37-29-21-19-27(20-22-29)26-30(32(35)36-4-2)33-31(34)28-17-14-13-15-18-28/h13-15,17-22,30H,3-12,16,23-26H2,1-2H3,(H,33,34). The van der Waals surface area contributed by atoms with Crippen LogP contribution in [0.5, 0.6) is 5.75 Å². The Morgan fingerprint density at radius 3 is 2.05 bits per heavy atom. The van der Waals surface area contributed by atoms with Crippen molar-refractivity contribution in [3.05, 3.63) is 65.7 Å². The highest BCUT2D eigenvalue weighted by molar-refractivity contribution is 7.99. The van der Waals surface area contributed by atoms with Gasteiger partial charge < -0.3 is 14.8 Å². The predicted octanol–water partition coefficient (Wildman–Crippen LogP) is 7.62. The molecular weight excluding hydrogens is 494 g/mol. The van der Waals surface area contributed by atoms with Gasteiger partial charge in [-0.15, -0.1) is 0 Å². The highest BCUT2D eigenvalue weighted by atomic mass is 32.2. The fraction of sp³-hybridized carbons (Fsp3) is 0.562. The lowest BCUT2D eigenvalue weighted by Gasteiger charge is -2.18. The molecule has 5 nitrogen and oxygen atoms in total. The van der Waals surface area contributed by atoms with E-state index in [2.05, 4.69) is 12.2 Å². The van der Waals surface area contributed by atoms with Crippen LogP contribution in [-0.2, 0) is 16.0 Å². The van der Waals surface area contributed by atoms with Gasteiger partial charge in [0.2, 0.25) is 0 Å². The molecule has 0 aliphatic heterocycles. The van der Waals surface area contributed by atoms with Crippen LogP contribution in [0.15, 0.2) is 54.6 Å². The Kier molecular flexibility index (Phi) is 17.1. The molecule has 0 heterocycles. The summed E-state index contributed by atoms with van der Waals surface area (Å²) in [6.07, 6.45) is 14.1. The van der Waals surface area contributed by atoms with Crippen LogP contribution in [0.1, 0.15) is 94.0 Å². The fourth-order valence-corrected chi connectivity index (χ4v) is 5.05. The Hall–Kier alpha value is -2.47. The summed E-state index contributed by atoms with van der Waals surface area (Å²) in [5.41, 5.74) is 1.44. The number of esters is 1. The number of amides is 1. The van der Waals surface area contributed by atoms with Crippen molar-refractivity contribution in [2.45, 2.75) is 90.5 Å². The van der Waals surface area contributed by atoms with Crippen LogP contribution in [0, 0.1) is 0 Å². The third-order valence-electron chi connectivity index (χ3n) is 6.41. The van der Waals surface area contributed by atoms with Crippen LogP contribution in [-0.4, -0.2) is 42.6 Å². The van der Waals surface area contributed by atoms with Crippen LogP contribution >= 0.6 is 11.8 Å². The number of unbranched alkanes of at least 4 members (excludes halogenated alkanes) is 9. The minimum absolute atomic E-state index is 0.264. The van der Waals surface area contributed by atoms with Gasteiger partial charge in [-0.1, -0.05) is 95.0 Å². The molecule has 2 rings (SSSR count). The number of nitrogens with one attached hydrogen (secondary N) is 1. The summed E-state index contributed by atoms with van der Waals surface area (Å²) in [7, 11) is 0. The van der Waals surface area contributed by atoms with Crippen molar-refractivity contribution in [2.24, 2.45) is 0 Å². The number of benzene rings is 2. The molecule has 0 spiro atoms. The van der Waals surface area contributed by atoms with Gasteiger partial charge in [-0.25, -0.2) is 4.79 Å². The molecule has 210 valence electrons. The minimum atomic E-state index is -0.753. The number of thioether (sulfide) groups is 1. The summed E-state index contributed by atoms with van der Waals surface area (Å²) in [4.78, 5) is 25.1. The third kappa shape index (κ3) is 13.9. The Labute approximate surface area is 234 Å². The lowest BCUT2D eigenvalue weighted by atomic mass is 10.0. The molecule has 2 aromatic carbocycles. The monoisotopic (exact) mass is 541 g/mol. The summed E-state index contributed by atoms with van der Waals surface area (Å²) in [6.45, 7) is 4.97. The maximum Gasteiger partial charge on any atom is 0.328 e. The highest BCUT2D eigenvalue weighted by Crippen LogP contribution is 2.16. The van der Waals surface area contributed by atoms with E-state index in [9.17, 15) is 9.59 Å². The van der Waals surface area contributed by atoms with Crippen molar-refractivity contribution in [1.29, 1.82) is 0 Å². The number of hydrogen-bond acceptors (Lipinski definition) is 5. The van der Waals surface area contributed by atoms with Gasteiger partial charge in [-0.05, 0) is 48.9 Å². The zero-order valence-corrected chi connectivity index (χ0v) is 24.2. The molecule has 0 saturated heterocycles. The summed E-state index contributed by atoms with van der Waals surface area (Å²) in [5.74, 6) is 2.27. The van der Waals surface area contributed by atoms with Gasteiger partial charge in [0.1, 0.15) is 11.8 Å². The first-order chi connectivity index (χ1) is 18.6. The number of hydrogen-bond donors (Lipinski definition) is 1. The zero-order valence-electron chi connectivity index (χ0n) is 23.4. The SMILES string of the molecule is CCCCCCCCCCCCSCCOc1ccc(CC(NC(=O)c2ccccc2)C(=O)OCC)cc1. The van der Waals surface area contributed by atoms with Crippen molar-refractivity contribution in [3.8, 4) is 5.75 Å². The smallest absolute Gasteiger partial charge is 0.328 e. The molecular formula is C32H47NO4S. The minimum Gasteiger partial charge on any atom is -0.493 e. The number of carbonyl (C=O) groups excluding carboxylic acids is 2. The second-order valence-corrected chi connectivity index (χ2v) is 10.9. The number of rotatable bonds is 21. The first-order valence-electron chi connectivity index (χ1n) is 14.5. The van der Waals surface area contributed by atoms with E-state index in [1.54, 1.807) is 31.2 Å². The average molecular weight is 542 g/mol. The second-order valence-electron chi connectivity index (χ2n) is 9.64. The second kappa shape index (κ2) is 20.5. The summed E-state index contributed by atoms with van der Waals surface area (Å²) in [6, 6.07) is 15.8.